The quantitative estimate of drug-likeness (QED) is 0.910. The smallest absolute Gasteiger partial charge is 0.349 e. The number of hydrogen-bond acceptors (Lipinski definition) is 2. The van der Waals surface area contributed by atoms with E-state index in [-0.39, 0.29) is 11.6 Å². The van der Waals surface area contributed by atoms with Crippen molar-refractivity contribution < 1.29 is 18.0 Å². The zero-order valence-corrected chi connectivity index (χ0v) is 12.4. The summed E-state index contributed by atoms with van der Waals surface area (Å²) < 4.78 is 38.1. The maximum Gasteiger partial charge on any atom is 0.416 e. The Labute approximate surface area is 127 Å². The molecule has 3 rings (SSSR count). The van der Waals surface area contributed by atoms with Crippen LogP contribution in [-0.4, -0.2) is 36.0 Å². The minimum absolute atomic E-state index is 0.0516. The van der Waals surface area contributed by atoms with E-state index in [1.807, 2.05) is 0 Å². The Morgan fingerprint density at radius 1 is 1.23 bits per heavy atom. The molecular formula is C16H19F3N2O. The minimum atomic E-state index is -4.43. The SMILES string of the molecule is CN1[C@@H]2CC[C@@H]1CC(NC(=O)c1cccc(C(F)(F)F)c1)C2. The average molecular weight is 312 g/mol. The summed E-state index contributed by atoms with van der Waals surface area (Å²) in [6.45, 7) is 0. The van der Waals surface area contributed by atoms with E-state index in [9.17, 15) is 18.0 Å². The van der Waals surface area contributed by atoms with Gasteiger partial charge in [-0.25, -0.2) is 0 Å². The lowest BCUT2D eigenvalue weighted by Gasteiger charge is -2.36. The van der Waals surface area contributed by atoms with Crippen molar-refractivity contribution in [1.82, 2.24) is 10.2 Å². The Hall–Kier alpha value is -1.56. The monoisotopic (exact) mass is 312 g/mol. The van der Waals surface area contributed by atoms with Crippen LogP contribution >= 0.6 is 0 Å². The van der Waals surface area contributed by atoms with Crippen LogP contribution in [0.3, 0.4) is 0 Å². The van der Waals surface area contributed by atoms with Crippen molar-refractivity contribution in [3.8, 4) is 0 Å². The first kappa shape index (κ1) is 15.3. The third-order valence-electron chi connectivity index (χ3n) is 4.89. The van der Waals surface area contributed by atoms with Gasteiger partial charge >= 0.3 is 6.18 Å². The molecule has 1 amide bonds. The number of hydrogen-bond donors (Lipinski definition) is 1. The second-order valence-electron chi connectivity index (χ2n) is 6.27. The highest BCUT2D eigenvalue weighted by atomic mass is 19.4. The number of alkyl halides is 3. The molecule has 0 spiro atoms. The maximum absolute atomic E-state index is 12.7. The van der Waals surface area contributed by atoms with Gasteiger partial charge in [-0.15, -0.1) is 0 Å². The summed E-state index contributed by atoms with van der Waals surface area (Å²) in [7, 11) is 2.10. The van der Waals surface area contributed by atoms with E-state index < -0.39 is 17.6 Å². The van der Waals surface area contributed by atoms with Crippen molar-refractivity contribution in [3.63, 3.8) is 0 Å². The lowest BCUT2D eigenvalue weighted by atomic mass is 9.97. The molecule has 2 atom stereocenters. The third kappa shape index (κ3) is 2.97. The summed E-state index contributed by atoms with van der Waals surface area (Å²) in [5.41, 5.74) is -0.718. The normalized spacial score (nSPS) is 28.6. The molecular weight excluding hydrogens is 293 g/mol. The molecule has 0 aliphatic carbocycles. The highest BCUT2D eigenvalue weighted by Crippen LogP contribution is 2.34. The molecule has 120 valence electrons. The number of benzene rings is 1. The van der Waals surface area contributed by atoms with Gasteiger partial charge in [-0.1, -0.05) is 6.07 Å². The van der Waals surface area contributed by atoms with E-state index in [0.717, 1.165) is 37.8 Å². The molecule has 3 nitrogen and oxygen atoms in total. The molecule has 0 radical (unpaired) electrons. The maximum atomic E-state index is 12.7. The zero-order valence-electron chi connectivity index (χ0n) is 12.4. The van der Waals surface area contributed by atoms with Crippen LogP contribution < -0.4 is 5.32 Å². The second-order valence-corrected chi connectivity index (χ2v) is 6.27. The molecule has 2 aliphatic heterocycles. The Morgan fingerprint density at radius 3 is 2.45 bits per heavy atom. The topological polar surface area (TPSA) is 32.3 Å². The van der Waals surface area contributed by atoms with Crippen molar-refractivity contribution in [2.45, 2.75) is 50.0 Å². The fourth-order valence-corrected chi connectivity index (χ4v) is 3.63. The van der Waals surface area contributed by atoms with E-state index in [1.165, 1.54) is 12.1 Å². The summed E-state index contributed by atoms with van der Waals surface area (Å²) in [4.78, 5) is 14.6. The Bertz CT molecular complexity index is 559. The molecule has 2 bridgehead atoms. The van der Waals surface area contributed by atoms with Crippen LogP contribution in [0.25, 0.3) is 0 Å². The predicted octanol–water partition coefficient (Wildman–Crippen LogP) is 3.06. The Balaban J connectivity index is 1.68. The lowest BCUT2D eigenvalue weighted by molar-refractivity contribution is -0.137. The van der Waals surface area contributed by atoms with Gasteiger partial charge in [0.2, 0.25) is 0 Å². The van der Waals surface area contributed by atoms with Crippen LogP contribution in [0.1, 0.15) is 41.6 Å². The zero-order chi connectivity index (χ0) is 15.9. The summed E-state index contributed by atoms with van der Waals surface area (Å²) in [5.74, 6) is -0.417. The third-order valence-corrected chi connectivity index (χ3v) is 4.89. The van der Waals surface area contributed by atoms with Gasteiger partial charge in [0.1, 0.15) is 0 Å². The standard InChI is InChI=1S/C16H19F3N2O/c1-21-13-5-6-14(21)9-12(8-13)20-15(22)10-3-2-4-11(7-10)16(17,18)19/h2-4,7,12-14H,5-6,8-9H2,1H3,(H,20,22)/t13-,14-/m1/s1. The minimum Gasteiger partial charge on any atom is -0.349 e. The van der Waals surface area contributed by atoms with Crippen LogP contribution in [0.5, 0.6) is 0 Å². The van der Waals surface area contributed by atoms with Gasteiger partial charge in [-0.2, -0.15) is 13.2 Å². The number of amides is 1. The van der Waals surface area contributed by atoms with Crippen molar-refractivity contribution >= 4 is 5.91 Å². The number of rotatable bonds is 2. The first-order chi connectivity index (χ1) is 10.3. The van der Waals surface area contributed by atoms with E-state index in [2.05, 4.69) is 17.3 Å². The molecule has 2 fully saturated rings. The molecule has 0 unspecified atom stereocenters. The molecule has 0 aromatic heterocycles. The van der Waals surface area contributed by atoms with Gasteiger partial charge < -0.3 is 10.2 Å². The van der Waals surface area contributed by atoms with Gasteiger partial charge in [-0.3, -0.25) is 4.79 Å². The van der Waals surface area contributed by atoms with Crippen molar-refractivity contribution in [1.29, 1.82) is 0 Å². The van der Waals surface area contributed by atoms with Gasteiger partial charge in [-0.05, 0) is 50.9 Å². The molecule has 0 saturated carbocycles. The van der Waals surface area contributed by atoms with Gasteiger partial charge in [0.15, 0.2) is 0 Å². The van der Waals surface area contributed by atoms with E-state index >= 15 is 0 Å². The number of fused-ring (bicyclic) bond motifs is 2. The van der Waals surface area contributed by atoms with Crippen LogP contribution in [0.2, 0.25) is 0 Å². The van der Waals surface area contributed by atoms with Gasteiger partial charge in [0, 0.05) is 23.7 Å². The number of halogens is 3. The number of carbonyl (C=O) groups is 1. The Morgan fingerprint density at radius 2 is 1.86 bits per heavy atom. The fourth-order valence-electron chi connectivity index (χ4n) is 3.63. The highest BCUT2D eigenvalue weighted by Gasteiger charge is 2.39. The van der Waals surface area contributed by atoms with Crippen LogP contribution in [-0.2, 0) is 6.18 Å². The molecule has 22 heavy (non-hydrogen) atoms. The highest BCUT2D eigenvalue weighted by molar-refractivity contribution is 5.94. The van der Waals surface area contributed by atoms with Crippen LogP contribution in [0.15, 0.2) is 24.3 Å². The van der Waals surface area contributed by atoms with Gasteiger partial charge in [0.25, 0.3) is 5.91 Å². The second kappa shape index (κ2) is 5.57. The van der Waals surface area contributed by atoms with Crippen molar-refractivity contribution in [2.75, 3.05) is 7.05 Å². The molecule has 2 saturated heterocycles. The van der Waals surface area contributed by atoms with E-state index in [1.54, 1.807) is 0 Å². The molecule has 1 aromatic carbocycles. The van der Waals surface area contributed by atoms with Crippen LogP contribution in [0.4, 0.5) is 13.2 Å². The number of nitrogens with zero attached hydrogens (tertiary/aromatic N) is 1. The molecule has 2 aliphatic rings. The predicted molar refractivity (Wildman–Crippen MR) is 76.5 cm³/mol. The number of piperidine rings is 1. The largest absolute Gasteiger partial charge is 0.416 e. The van der Waals surface area contributed by atoms with E-state index in [0.29, 0.717) is 12.1 Å². The van der Waals surface area contributed by atoms with Crippen molar-refractivity contribution in [3.05, 3.63) is 35.4 Å². The summed E-state index contributed by atoms with van der Waals surface area (Å²) >= 11 is 0. The number of nitrogens with one attached hydrogen (secondary N) is 1. The van der Waals surface area contributed by atoms with Crippen LogP contribution in [0, 0.1) is 0 Å². The van der Waals surface area contributed by atoms with Gasteiger partial charge in [0.05, 0.1) is 5.56 Å². The first-order valence-electron chi connectivity index (χ1n) is 7.54. The molecule has 2 heterocycles. The van der Waals surface area contributed by atoms with Crippen molar-refractivity contribution in [2.24, 2.45) is 0 Å². The fraction of sp³-hybridized carbons (Fsp3) is 0.562. The summed E-state index contributed by atoms with van der Waals surface area (Å²) in [6, 6.07) is 5.60. The molecule has 1 N–H and O–H groups in total. The summed E-state index contributed by atoms with van der Waals surface area (Å²) in [5, 5.41) is 2.90. The summed E-state index contributed by atoms with van der Waals surface area (Å²) in [6.07, 6.45) is -0.410. The Kier molecular flexibility index (Phi) is 3.89. The lowest BCUT2D eigenvalue weighted by Crippen LogP contribution is -2.48. The molecule has 1 aromatic rings. The molecule has 6 heteroatoms. The van der Waals surface area contributed by atoms with E-state index in [4.69, 9.17) is 0 Å². The average Bonchev–Trinajstić information content (AvgIpc) is 2.69. The first-order valence-corrected chi connectivity index (χ1v) is 7.54. The number of carbonyl (C=O) groups excluding carboxylic acids is 1.